The van der Waals surface area contributed by atoms with Crippen LogP contribution >= 0.6 is 0 Å². The largest absolute Gasteiger partial charge is 0.490 e. The topological polar surface area (TPSA) is 100 Å². The summed E-state index contributed by atoms with van der Waals surface area (Å²) in [5.74, 6) is -2.70. The average molecular weight is 413 g/mol. The lowest BCUT2D eigenvalue weighted by molar-refractivity contribution is -0.192. The van der Waals surface area contributed by atoms with E-state index < -0.39 is 12.1 Å². The first-order valence-electron chi connectivity index (χ1n) is 8.94. The van der Waals surface area contributed by atoms with E-state index in [0.717, 1.165) is 37.3 Å². The SMILES string of the molecule is CCC1CNCCN1C(=O)c1cc(C)ccc1-n1nccn1.O=C(O)C(F)(F)F. The van der Waals surface area contributed by atoms with Gasteiger partial charge in [0.25, 0.3) is 5.91 Å². The molecule has 1 saturated heterocycles. The van der Waals surface area contributed by atoms with Gasteiger partial charge in [-0.05, 0) is 25.5 Å². The maximum atomic E-state index is 13.1. The Bertz CT molecular complexity index is 840. The highest BCUT2D eigenvalue weighted by Gasteiger charge is 2.38. The van der Waals surface area contributed by atoms with Gasteiger partial charge in [-0.1, -0.05) is 18.6 Å². The van der Waals surface area contributed by atoms with E-state index in [4.69, 9.17) is 9.90 Å². The van der Waals surface area contributed by atoms with Crippen LogP contribution < -0.4 is 5.32 Å². The van der Waals surface area contributed by atoms with Crippen molar-refractivity contribution in [2.24, 2.45) is 0 Å². The minimum atomic E-state index is -5.08. The van der Waals surface area contributed by atoms with Crippen molar-refractivity contribution in [2.45, 2.75) is 32.5 Å². The van der Waals surface area contributed by atoms with Crippen molar-refractivity contribution in [2.75, 3.05) is 19.6 Å². The lowest BCUT2D eigenvalue weighted by Crippen LogP contribution is -2.53. The molecule has 0 saturated carbocycles. The maximum Gasteiger partial charge on any atom is 0.490 e. The summed E-state index contributed by atoms with van der Waals surface area (Å²) in [7, 11) is 0. The van der Waals surface area contributed by atoms with E-state index in [1.54, 1.807) is 12.4 Å². The molecule has 11 heteroatoms. The predicted molar refractivity (Wildman–Crippen MR) is 97.8 cm³/mol. The Morgan fingerprint density at radius 3 is 2.45 bits per heavy atom. The summed E-state index contributed by atoms with van der Waals surface area (Å²) < 4.78 is 31.7. The summed E-state index contributed by atoms with van der Waals surface area (Å²) in [4.78, 5) is 25.4. The highest BCUT2D eigenvalue weighted by Crippen LogP contribution is 2.20. The molecule has 1 atom stereocenters. The summed E-state index contributed by atoms with van der Waals surface area (Å²) in [5, 5.41) is 18.8. The van der Waals surface area contributed by atoms with Crippen molar-refractivity contribution in [1.29, 1.82) is 0 Å². The van der Waals surface area contributed by atoms with E-state index in [0.29, 0.717) is 5.56 Å². The Morgan fingerprint density at radius 2 is 1.90 bits per heavy atom. The lowest BCUT2D eigenvalue weighted by Gasteiger charge is -2.36. The number of hydrogen-bond donors (Lipinski definition) is 2. The zero-order valence-corrected chi connectivity index (χ0v) is 16.0. The number of carboxylic acids is 1. The van der Waals surface area contributed by atoms with Crippen LogP contribution in [0.25, 0.3) is 5.69 Å². The number of hydrogen-bond acceptors (Lipinski definition) is 5. The molecule has 2 aromatic rings. The second-order valence-electron chi connectivity index (χ2n) is 6.41. The van der Waals surface area contributed by atoms with Gasteiger partial charge in [-0.25, -0.2) is 4.79 Å². The molecule has 2 N–H and O–H groups in total. The predicted octanol–water partition coefficient (Wildman–Crippen LogP) is 2.03. The van der Waals surface area contributed by atoms with Gasteiger partial charge in [-0.2, -0.15) is 28.2 Å². The summed E-state index contributed by atoms with van der Waals surface area (Å²) >= 11 is 0. The number of nitrogens with zero attached hydrogens (tertiary/aromatic N) is 4. The van der Waals surface area contributed by atoms with Crippen LogP contribution in [0.1, 0.15) is 29.3 Å². The van der Waals surface area contributed by atoms with Crippen LogP contribution in [0.5, 0.6) is 0 Å². The fourth-order valence-electron chi connectivity index (χ4n) is 2.88. The van der Waals surface area contributed by atoms with Crippen molar-refractivity contribution < 1.29 is 27.9 Å². The molecule has 3 rings (SSSR count). The van der Waals surface area contributed by atoms with Crippen LogP contribution in [0.2, 0.25) is 0 Å². The average Bonchev–Trinajstić information content (AvgIpc) is 3.21. The molecule has 158 valence electrons. The lowest BCUT2D eigenvalue weighted by atomic mass is 10.0. The van der Waals surface area contributed by atoms with E-state index in [2.05, 4.69) is 22.4 Å². The van der Waals surface area contributed by atoms with Gasteiger partial charge in [0.2, 0.25) is 0 Å². The molecule has 1 amide bonds. The third-order valence-electron chi connectivity index (χ3n) is 4.34. The first kappa shape index (κ1) is 22.3. The van der Waals surface area contributed by atoms with Gasteiger partial charge in [0.1, 0.15) is 0 Å². The van der Waals surface area contributed by atoms with Crippen molar-refractivity contribution >= 4 is 11.9 Å². The zero-order chi connectivity index (χ0) is 21.6. The molecule has 0 aliphatic carbocycles. The van der Waals surface area contributed by atoms with E-state index in [-0.39, 0.29) is 11.9 Å². The number of aryl methyl sites for hydroxylation is 1. The van der Waals surface area contributed by atoms with Gasteiger partial charge in [-0.15, -0.1) is 0 Å². The van der Waals surface area contributed by atoms with Gasteiger partial charge in [-0.3, -0.25) is 4.79 Å². The highest BCUT2D eigenvalue weighted by molar-refractivity contribution is 5.98. The Labute approximate surface area is 165 Å². The fraction of sp³-hybridized carbons (Fsp3) is 0.444. The Kier molecular flexibility index (Phi) is 7.32. The molecule has 1 aromatic heterocycles. The maximum absolute atomic E-state index is 13.1. The number of aromatic nitrogens is 3. The number of piperazine rings is 1. The Balaban J connectivity index is 0.000000370. The van der Waals surface area contributed by atoms with Crippen LogP contribution in [0, 0.1) is 6.92 Å². The quantitative estimate of drug-likeness (QED) is 0.799. The van der Waals surface area contributed by atoms with Crippen molar-refractivity contribution in [3.8, 4) is 5.69 Å². The molecule has 0 bridgehead atoms. The molecule has 1 aliphatic heterocycles. The van der Waals surface area contributed by atoms with Crippen LogP contribution in [0.15, 0.2) is 30.6 Å². The number of carboxylic acid groups (broad SMARTS) is 1. The van der Waals surface area contributed by atoms with Gasteiger partial charge >= 0.3 is 12.1 Å². The molecular formula is C18H22F3N5O3. The molecule has 1 unspecified atom stereocenters. The molecule has 1 aliphatic rings. The number of halogens is 3. The van der Waals surface area contributed by atoms with E-state index >= 15 is 0 Å². The monoisotopic (exact) mass is 413 g/mol. The third-order valence-corrected chi connectivity index (χ3v) is 4.34. The van der Waals surface area contributed by atoms with Crippen molar-refractivity contribution in [1.82, 2.24) is 25.2 Å². The number of nitrogens with one attached hydrogen (secondary N) is 1. The fourth-order valence-corrected chi connectivity index (χ4v) is 2.88. The Hall–Kier alpha value is -2.95. The van der Waals surface area contributed by atoms with Crippen molar-refractivity contribution in [3.63, 3.8) is 0 Å². The normalized spacial score (nSPS) is 16.7. The summed E-state index contributed by atoms with van der Waals surface area (Å²) in [6.45, 7) is 6.53. The van der Waals surface area contributed by atoms with E-state index in [1.807, 2.05) is 30.0 Å². The Morgan fingerprint density at radius 1 is 1.28 bits per heavy atom. The summed E-state index contributed by atoms with van der Waals surface area (Å²) in [5.41, 5.74) is 2.45. The molecule has 1 fully saturated rings. The van der Waals surface area contributed by atoms with E-state index in [9.17, 15) is 18.0 Å². The first-order valence-corrected chi connectivity index (χ1v) is 8.94. The molecule has 2 heterocycles. The van der Waals surface area contributed by atoms with Crippen LogP contribution in [-0.4, -0.2) is 68.7 Å². The highest BCUT2D eigenvalue weighted by atomic mass is 19.4. The van der Waals surface area contributed by atoms with Crippen LogP contribution in [0.4, 0.5) is 13.2 Å². The molecule has 0 radical (unpaired) electrons. The van der Waals surface area contributed by atoms with E-state index in [1.165, 1.54) is 4.80 Å². The minimum Gasteiger partial charge on any atom is -0.475 e. The van der Waals surface area contributed by atoms with Gasteiger partial charge in [0.05, 0.1) is 23.6 Å². The van der Waals surface area contributed by atoms with Crippen LogP contribution in [-0.2, 0) is 4.79 Å². The number of rotatable bonds is 3. The first-order chi connectivity index (χ1) is 13.6. The van der Waals surface area contributed by atoms with Gasteiger partial charge in [0, 0.05) is 25.7 Å². The zero-order valence-electron chi connectivity index (χ0n) is 16.0. The van der Waals surface area contributed by atoms with Gasteiger partial charge < -0.3 is 15.3 Å². The number of aliphatic carboxylic acids is 1. The standard InChI is InChI=1S/C16H21N5O.C2HF3O2/c1-3-13-11-17-8-9-20(13)16(22)14-10-12(2)4-5-15(14)21-18-6-7-19-21;3-2(4,5)1(6)7/h4-7,10,13,17H,3,8-9,11H2,1-2H3;(H,6,7). The minimum absolute atomic E-state index is 0.0596. The molecular weight excluding hydrogens is 391 g/mol. The molecule has 1 aromatic carbocycles. The van der Waals surface area contributed by atoms with Crippen molar-refractivity contribution in [3.05, 3.63) is 41.7 Å². The molecule has 0 spiro atoms. The number of amides is 1. The second kappa shape index (κ2) is 9.50. The summed E-state index contributed by atoms with van der Waals surface area (Å²) in [6, 6.07) is 6.05. The number of carbonyl (C=O) groups is 2. The number of alkyl halides is 3. The number of carbonyl (C=O) groups excluding carboxylic acids is 1. The molecule has 8 nitrogen and oxygen atoms in total. The van der Waals surface area contributed by atoms with Crippen LogP contribution in [0.3, 0.4) is 0 Å². The third kappa shape index (κ3) is 5.76. The summed E-state index contributed by atoms with van der Waals surface area (Å²) in [6.07, 6.45) is -0.901. The van der Waals surface area contributed by atoms with Gasteiger partial charge in [0.15, 0.2) is 0 Å². The molecule has 29 heavy (non-hydrogen) atoms. The smallest absolute Gasteiger partial charge is 0.475 e. The second-order valence-corrected chi connectivity index (χ2v) is 6.41. The number of benzene rings is 1.